The zero-order valence-corrected chi connectivity index (χ0v) is 16.0. The summed E-state index contributed by atoms with van der Waals surface area (Å²) in [6.45, 7) is 0. The van der Waals surface area contributed by atoms with Gasteiger partial charge in [-0.1, -0.05) is 40.2 Å². The third-order valence-corrected chi connectivity index (χ3v) is 4.92. The molecule has 0 saturated heterocycles. The average molecular weight is 462 g/mol. The van der Waals surface area contributed by atoms with E-state index in [4.69, 9.17) is 0 Å². The lowest BCUT2D eigenvalue weighted by molar-refractivity contribution is -0.137. The molecular formula is C20H11BrF3N3O2. The van der Waals surface area contributed by atoms with Gasteiger partial charge in [-0.3, -0.25) is 5.10 Å². The van der Waals surface area contributed by atoms with Gasteiger partial charge in [-0.2, -0.15) is 18.3 Å². The number of fused-ring (bicyclic) bond motifs is 1. The third kappa shape index (κ3) is 3.61. The van der Waals surface area contributed by atoms with Gasteiger partial charge in [-0.25, -0.2) is 9.78 Å². The highest BCUT2D eigenvalue weighted by Crippen LogP contribution is 2.34. The fourth-order valence-corrected chi connectivity index (χ4v) is 3.26. The minimum Gasteiger partial charge on any atom is -0.478 e. The molecule has 0 aliphatic carbocycles. The number of rotatable bonds is 3. The van der Waals surface area contributed by atoms with E-state index in [0.29, 0.717) is 16.6 Å². The van der Waals surface area contributed by atoms with Gasteiger partial charge in [-0.15, -0.1) is 0 Å². The predicted molar refractivity (Wildman–Crippen MR) is 104 cm³/mol. The molecule has 4 rings (SSSR count). The highest BCUT2D eigenvalue weighted by atomic mass is 79.9. The van der Waals surface area contributed by atoms with Crippen LogP contribution >= 0.6 is 15.9 Å². The van der Waals surface area contributed by atoms with E-state index in [-0.39, 0.29) is 16.9 Å². The topological polar surface area (TPSA) is 78.9 Å². The van der Waals surface area contributed by atoms with Crippen molar-refractivity contribution in [1.29, 1.82) is 0 Å². The highest BCUT2D eigenvalue weighted by molar-refractivity contribution is 9.10. The highest BCUT2D eigenvalue weighted by Gasteiger charge is 2.30. The first-order valence-electron chi connectivity index (χ1n) is 8.30. The molecule has 0 spiro atoms. The first-order chi connectivity index (χ1) is 13.7. The van der Waals surface area contributed by atoms with Crippen LogP contribution in [-0.2, 0) is 6.18 Å². The molecular weight excluding hydrogens is 451 g/mol. The lowest BCUT2D eigenvalue weighted by atomic mass is 10.0. The predicted octanol–water partition coefficient (Wildman–Crippen LogP) is 5.77. The second kappa shape index (κ2) is 7.00. The Bertz CT molecular complexity index is 1220. The largest absolute Gasteiger partial charge is 0.478 e. The number of hydrogen-bond acceptors (Lipinski definition) is 3. The molecule has 2 heterocycles. The monoisotopic (exact) mass is 461 g/mol. The summed E-state index contributed by atoms with van der Waals surface area (Å²) in [6, 6.07) is 12.9. The molecule has 2 N–H and O–H groups in total. The van der Waals surface area contributed by atoms with E-state index < -0.39 is 17.7 Å². The first-order valence-corrected chi connectivity index (χ1v) is 9.09. The van der Waals surface area contributed by atoms with Crippen LogP contribution in [0.3, 0.4) is 0 Å². The third-order valence-electron chi connectivity index (χ3n) is 4.40. The zero-order chi connectivity index (χ0) is 20.8. The van der Waals surface area contributed by atoms with E-state index in [1.54, 1.807) is 12.1 Å². The van der Waals surface area contributed by atoms with Gasteiger partial charge in [0.25, 0.3) is 0 Å². The minimum atomic E-state index is -4.45. The molecule has 0 fully saturated rings. The minimum absolute atomic E-state index is 0.0448. The Morgan fingerprint density at radius 1 is 1.00 bits per heavy atom. The molecule has 2 aromatic heterocycles. The number of H-pyrrole nitrogens is 1. The summed E-state index contributed by atoms with van der Waals surface area (Å²) in [5.74, 6) is -1.19. The number of aromatic carboxylic acids is 1. The van der Waals surface area contributed by atoms with Crippen molar-refractivity contribution in [3.05, 3.63) is 70.2 Å². The molecule has 146 valence electrons. The van der Waals surface area contributed by atoms with Crippen molar-refractivity contribution in [2.24, 2.45) is 0 Å². The zero-order valence-electron chi connectivity index (χ0n) is 14.5. The number of carbonyl (C=O) groups is 1. The van der Waals surface area contributed by atoms with E-state index in [9.17, 15) is 23.1 Å². The number of alkyl halides is 3. The van der Waals surface area contributed by atoms with Crippen LogP contribution in [0.15, 0.2) is 59.1 Å². The van der Waals surface area contributed by atoms with Crippen molar-refractivity contribution in [3.63, 3.8) is 0 Å². The number of nitrogens with one attached hydrogen (secondary N) is 1. The van der Waals surface area contributed by atoms with Crippen molar-refractivity contribution < 1.29 is 23.1 Å². The standard InChI is InChI=1S/C20H11BrF3N3O2/c21-13-7-3-11(4-8-13)17-16-14(19(28)29)9-15(25-18(16)27-26-17)10-1-5-12(6-2-10)20(22,23)24/h1-9H,(H,28,29)(H,25,26,27). The second-order valence-corrected chi connectivity index (χ2v) is 7.16. The molecule has 0 bridgehead atoms. The quantitative estimate of drug-likeness (QED) is 0.405. The SMILES string of the molecule is O=C(O)c1cc(-c2ccc(C(F)(F)F)cc2)nc2n[nH]c(-c3ccc(Br)cc3)c12. The number of nitrogens with zero attached hydrogens (tertiary/aromatic N) is 2. The second-order valence-electron chi connectivity index (χ2n) is 6.24. The number of carboxylic acids is 1. The Morgan fingerprint density at radius 2 is 1.62 bits per heavy atom. The van der Waals surface area contributed by atoms with Gasteiger partial charge in [0.15, 0.2) is 5.65 Å². The molecule has 9 heteroatoms. The van der Waals surface area contributed by atoms with Gasteiger partial charge in [0.1, 0.15) is 0 Å². The maximum absolute atomic E-state index is 12.8. The first kappa shape index (κ1) is 19.1. The molecule has 0 radical (unpaired) electrons. The number of halogens is 4. The molecule has 0 unspecified atom stereocenters. The molecule has 0 saturated carbocycles. The molecule has 0 aliphatic rings. The summed E-state index contributed by atoms with van der Waals surface area (Å²) in [7, 11) is 0. The fraction of sp³-hybridized carbons (Fsp3) is 0.0500. The summed E-state index contributed by atoms with van der Waals surface area (Å²) in [5, 5.41) is 17.0. The Labute approximate surface area is 170 Å². The number of carboxylic acid groups (broad SMARTS) is 1. The Hall–Kier alpha value is -3.20. The van der Waals surface area contributed by atoms with Crippen molar-refractivity contribution in [2.75, 3.05) is 0 Å². The van der Waals surface area contributed by atoms with Gasteiger partial charge in [0.2, 0.25) is 0 Å². The molecule has 4 aromatic rings. The lowest BCUT2D eigenvalue weighted by Gasteiger charge is -2.08. The van der Waals surface area contributed by atoms with Crippen LogP contribution in [0.25, 0.3) is 33.5 Å². The van der Waals surface area contributed by atoms with Crippen molar-refractivity contribution >= 4 is 32.9 Å². The van der Waals surface area contributed by atoms with Crippen molar-refractivity contribution in [2.45, 2.75) is 6.18 Å². The molecule has 2 aromatic carbocycles. The summed E-state index contributed by atoms with van der Waals surface area (Å²) in [6.07, 6.45) is -4.45. The number of pyridine rings is 1. The smallest absolute Gasteiger partial charge is 0.416 e. The van der Waals surface area contributed by atoms with E-state index in [0.717, 1.165) is 22.2 Å². The Kier molecular flexibility index (Phi) is 4.62. The van der Waals surface area contributed by atoms with Crippen molar-refractivity contribution in [1.82, 2.24) is 15.2 Å². The van der Waals surface area contributed by atoms with Crippen LogP contribution < -0.4 is 0 Å². The maximum Gasteiger partial charge on any atom is 0.416 e. The summed E-state index contributed by atoms with van der Waals surface area (Å²) in [5.41, 5.74) is 1.12. The van der Waals surface area contributed by atoms with E-state index in [1.165, 1.54) is 18.2 Å². The number of aromatic amines is 1. The van der Waals surface area contributed by atoms with Crippen LogP contribution in [0.4, 0.5) is 13.2 Å². The molecule has 0 atom stereocenters. The van der Waals surface area contributed by atoms with Crippen LogP contribution in [0.5, 0.6) is 0 Å². The van der Waals surface area contributed by atoms with Gasteiger partial charge in [0.05, 0.1) is 27.9 Å². The van der Waals surface area contributed by atoms with E-state index in [2.05, 4.69) is 31.1 Å². The fourth-order valence-electron chi connectivity index (χ4n) is 3.00. The molecule has 29 heavy (non-hydrogen) atoms. The van der Waals surface area contributed by atoms with Crippen LogP contribution in [0, 0.1) is 0 Å². The molecule has 5 nitrogen and oxygen atoms in total. The van der Waals surface area contributed by atoms with Crippen molar-refractivity contribution in [3.8, 4) is 22.5 Å². The summed E-state index contributed by atoms with van der Waals surface area (Å²) >= 11 is 3.35. The summed E-state index contributed by atoms with van der Waals surface area (Å²) in [4.78, 5) is 16.2. The van der Waals surface area contributed by atoms with Gasteiger partial charge >= 0.3 is 12.1 Å². The maximum atomic E-state index is 12.8. The lowest BCUT2D eigenvalue weighted by Crippen LogP contribution is -2.04. The van der Waals surface area contributed by atoms with Gasteiger partial charge in [-0.05, 0) is 30.3 Å². The number of hydrogen-bond donors (Lipinski definition) is 2. The van der Waals surface area contributed by atoms with Crippen LogP contribution in [-0.4, -0.2) is 26.3 Å². The van der Waals surface area contributed by atoms with E-state index >= 15 is 0 Å². The van der Waals surface area contributed by atoms with Gasteiger partial charge in [0, 0.05) is 15.6 Å². The van der Waals surface area contributed by atoms with Crippen LogP contribution in [0.2, 0.25) is 0 Å². The number of benzene rings is 2. The normalized spacial score (nSPS) is 11.7. The van der Waals surface area contributed by atoms with Gasteiger partial charge < -0.3 is 5.11 Å². The van der Waals surface area contributed by atoms with Crippen LogP contribution in [0.1, 0.15) is 15.9 Å². The average Bonchev–Trinajstić information content (AvgIpc) is 3.11. The summed E-state index contributed by atoms with van der Waals surface area (Å²) < 4.78 is 39.2. The van der Waals surface area contributed by atoms with E-state index in [1.807, 2.05) is 12.1 Å². The Morgan fingerprint density at radius 3 is 2.21 bits per heavy atom. The molecule has 0 amide bonds. The number of aromatic nitrogens is 3. The molecule has 0 aliphatic heterocycles. The Balaban J connectivity index is 1.86.